The predicted molar refractivity (Wildman–Crippen MR) is 150 cm³/mol. The average molecular weight is 537 g/mol. The summed E-state index contributed by atoms with van der Waals surface area (Å²) in [7, 11) is 0. The van der Waals surface area contributed by atoms with Gasteiger partial charge >= 0.3 is 0 Å². The fourth-order valence-corrected chi connectivity index (χ4v) is 7.69. The topological polar surface area (TPSA) is 97.7 Å². The maximum atomic E-state index is 14.2. The number of hydrogen-bond donors (Lipinski definition) is 1. The summed E-state index contributed by atoms with van der Waals surface area (Å²) in [5.41, 5.74) is 13.8. The third-order valence-electron chi connectivity index (χ3n) is 9.81. The van der Waals surface area contributed by atoms with Crippen molar-refractivity contribution in [3.63, 3.8) is 0 Å². The van der Waals surface area contributed by atoms with Gasteiger partial charge in [-0.1, -0.05) is 6.07 Å². The first kappa shape index (κ1) is 22.7. The third kappa shape index (κ3) is 2.99. The number of fused-ring (bicyclic) bond motifs is 4. The largest absolute Gasteiger partial charge is 0.487 e. The van der Waals surface area contributed by atoms with Gasteiger partial charge in [0.05, 0.1) is 18.8 Å². The van der Waals surface area contributed by atoms with Crippen LogP contribution in [0.15, 0.2) is 48.9 Å². The van der Waals surface area contributed by atoms with Crippen molar-refractivity contribution in [2.75, 3.05) is 36.0 Å². The number of nitrogens with zero attached hydrogens (tertiary/aromatic N) is 7. The second-order valence-corrected chi connectivity index (χ2v) is 11.8. The van der Waals surface area contributed by atoms with Crippen LogP contribution in [-0.2, 0) is 6.42 Å². The summed E-state index contributed by atoms with van der Waals surface area (Å²) in [6.45, 7) is 2.62. The molecule has 1 spiro atoms. The summed E-state index contributed by atoms with van der Waals surface area (Å²) in [5.74, 6) is 2.40. The van der Waals surface area contributed by atoms with E-state index in [0.29, 0.717) is 25.3 Å². The van der Waals surface area contributed by atoms with Crippen molar-refractivity contribution in [2.24, 2.45) is 11.1 Å². The minimum Gasteiger partial charge on any atom is -0.487 e. The number of anilines is 2. The summed E-state index contributed by atoms with van der Waals surface area (Å²) >= 11 is 0. The summed E-state index contributed by atoms with van der Waals surface area (Å²) in [5, 5.41) is 0. The Morgan fingerprint density at radius 1 is 1.00 bits per heavy atom. The molecule has 3 aliphatic heterocycles. The predicted octanol–water partition coefficient (Wildman–Crippen LogP) is 3.93. The maximum absolute atomic E-state index is 14.2. The Morgan fingerprint density at radius 3 is 2.77 bits per heavy atom. The molecule has 0 aromatic carbocycles. The monoisotopic (exact) mass is 536 g/mol. The average Bonchev–Trinajstić information content (AvgIpc) is 3.74. The molecular formula is C30H29FN8O. The Bertz CT molecular complexity index is 1780. The first-order valence-corrected chi connectivity index (χ1v) is 14.2. The molecule has 10 heteroatoms. The molecule has 8 heterocycles. The third-order valence-corrected chi connectivity index (χ3v) is 9.81. The van der Waals surface area contributed by atoms with Gasteiger partial charge in [-0.15, -0.1) is 0 Å². The summed E-state index contributed by atoms with van der Waals surface area (Å²) in [6, 6.07) is 10.3. The van der Waals surface area contributed by atoms with Gasteiger partial charge < -0.3 is 20.3 Å². The van der Waals surface area contributed by atoms with E-state index in [1.54, 1.807) is 6.20 Å². The van der Waals surface area contributed by atoms with Crippen LogP contribution in [0.5, 0.6) is 5.75 Å². The number of imidazole rings is 2. The lowest BCUT2D eigenvalue weighted by atomic mass is 9.73. The van der Waals surface area contributed by atoms with Crippen molar-refractivity contribution >= 4 is 28.4 Å². The normalized spacial score (nSPS) is 25.0. The molecule has 0 radical (unpaired) electrons. The van der Waals surface area contributed by atoms with Crippen LogP contribution < -0.4 is 20.3 Å². The first-order chi connectivity index (χ1) is 19.6. The number of ether oxygens (including phenoxy) is 1. The molecule has 0 bridgehead atoms. The van der Waals surface area contributed by atoms with Crippen LogP contribution in [0.3, 0.4) is 0 Å². The van der Waals surface area contributed by atoms with Crippen LogP contribution in [0.2, 0.25) is 0 Å². The molecular weight excluding hydrogens is 507 g/mol. The highest BCUT2D eigenvalue weighted by molar-refractivity contribution is 5.91. The zero-order valence-corrected chi connectivity index (χ0v) is 22.0. The van der Waals surface area contributed by atoms with E-state index in [9.17, 15) is 4.39 Å². The molecule has 202 valence electrons. The molecule has 2 N–H and O–H groups in total. The zero-order valence-electron chi connectivity index (χ0n) is 22.0. The lowest BCUT2D eigenvalue weighted by Crippen LogP contribution is -2.44. The molecule has 2 fully saturated rings. The van der Waals surface area contributed by atoms with Crippen molar-refractivity contribution in [3.8, 4) is 16.9 Å². The van der Waals surface area contributed by atoms with Gasteiger partial charge in [-0.2, -0.15) is 0 Å². The van der Waals surface area contributed by atoms with Crippen molar-refractivity contribution in [1.29, 1.82) is 0 Å². The van der Waals surface area contributed by atoms with Crippen molar-refractivity contribution in [1.82, 2.24) is 24.3 Å². The van der Waals surface area contributed by atoms with Gasteiger partial charge in [0.25, 0.3) is 0 Å². The first-order valence-electron chi connectivity index (χ1n) is 14.2. The van der Waals surface area contributed by atoms with E-state index in [1.807, 2.05) is 30.6 Å². The molecule has 2 saturated heterocycles. The van der Waals surface area contributed by atoms with Crippen LogP contribution in [0.4, 0.5) is 16.0 Å². The highest BCUT2D eigenvalue weighted by Crippen LogP contribution is 2.51. The molecule has 0 saturated carbocycles. The van der Waals surface area contributed by atoms with Crippen LogP contribution in [0.1, 0.15) is 36.6 Å². The molecule has 0 unspecified atom stereocenters. The highest BCUT2D eigenvalue weighted by atomic mass is 19.1. The molecule has 3 atom stereocenters. The lowest BCUT2D eigenvalue weighted by molar-refractivity contribution is 0.187. The zero-order chi connectivity index (χ0) is 26.6. The fourth-order valence-electron chi connectivity index (χ4n) is 7.69. The number of halogens is 1. The second kappa shape index (κ2) is 8.00. The highest BCUT2D eigenvalue weighted by Gasteiger charge is 2.47. The minimum absolute atomic E-state index is 0.0328. The Labute approximate surface area is 230 Å². The quantitative estimate of drug-likeness (QED) is 0.363. The number of nitrogens with two attached hydrogens (primary N) is 1. The summed E-state index contributed by atoms with van der Waals surface area (Å²) in [4.78, 5) is 23.6. The van der Waals surface area contributed by atoms with Crippen molar-refractivity contribution < 1.29 is 9.13 Å². The van der Waals surface area contributed by atoms with E-state index in [1.165, 1.54) is 5.56 Å². The fraction of sp³-hybridized carbons (Fsp3) is 0.400. The van der Waals surface area contributed by atoms with E-state index in [4.69, 9.17) is 20.4 Å². The molecule has 4 aliphatic rings. The number of aromatic nitrogens is 5. The number of hydrogen-bond acceptors (Lipinski definition) is 8. The molecule has 1 aliphatic carbocycles. The molecule has 9 nitrogen and oxygen atoms in total. The van der Waals surface area contributed by atoms with Gasteiger partial charge in [0, 0.05) is 54.8 Å². The van der Waals surface area contributed by atoms with Gasteiger partial charge in [0.1, 0.15) is 29.6 Å². The maximum Gasteiger partial charge on any atom is 0.172 e. The smallest absolute Gasteiger partial charge is 0.172 e. The Balaban J connectivity index is 1.05. The van der Waals surface area contributed by atoms with E-state index in [0.717, 1.165) is 77.6 Å². The standard InChI is InChI=1S/C30H29FN8O/c31-17-12-18-16-40-25-19(5-9-34-29(25)38(18)15-17)20-3-4-24-36-28(23-14-35-27(20)39(23)24)37-10-6-30(7-11-37)13-22-21(26(30)32)2-1-8-33-22/h1-5,8-9,14,17-18,26H,6-7,10-13,15-16,32H2/t17-,18+,26-/m1/s1. The number of rotatable bonds is 2. The van der Waals surface area contributed by atoms with Crippen LogP contribution in [-0.4, -0.2) is 62.8 Å². The van der Waals surface area contributed by atoms with Gasteiger partial charge in [0.15, 0.2) is 17.4 Å². The Kier molecular flexibility index (Phi) is 4.55. The van der Waals surface area contributed by atoms with Crippen molar-refractivity contribution in [2.45, 2.75) is 43.9 Å². The Hall–Kier alpha value is -4.05. The van der Waals surface area contributed by atoms with Gasteiger partial charge in [-0.05, 0) is 54.5 Å². The molecule has 40 heavy (non-hydrogen) atoms. The van der Waals surface area contributed by atoms with Gasteiger partial charge in [-0.25, -0.2) is 19.3 Å². The van der Waals surface area contributed by atoms with Gasteiger partial charge in [-0.3, -0.25) is 9.38 Å². The van der Waals surface area contributed by atoms with Crippen molar-refractivity contribution in [3.05, 3.63) is 60.2 Å². The number of piperidine rings is 1. The summed E-state index contributed by atoms with van der Waals surface area (Å²) < 4.78 is 22.5. The van der Waals surface area contributed by atoms with Crippen LogP contribution in [0, 0.1) is 5.41 Å². The molecule has 0 amide bonds. The number of alkyl halides is 1. The summed E-state index contributed by atoms with van der Waals surface area (Å²) in [6.07, 6.45) is 8.19. The SMILES string of the molecule is N[C@@H]1c2cccnc2CC12CCN(c1nc3ccc(-c4ccnc5c4OC[C@@H]4C[C@@H](F)CN54)c4ncc1n34)CC2. The van der Waals surface area contributed by atoms with E-state index < -0.39 is 6.17 Å². The van der Waals surface area contributed by atoms with Crippen LogP contribution >= 0.6 is 0 Å². The van der Waals surface area contributed by atoms with E-state index in [-0.39, 0.29) is 17.5 Å². The van der Waals surface area contributed by atoms with E-state index >= 15 is 0 Å². The lowest BCUT2D eigenvalue weighted by Gasteiger charge is -2.42. The molecule has 9 rings (SSSR count). The van der Waals surface area contributed by atoms with Crippen LogP contribution in [0.25, 0.3) is 27.9 Å². The molecule has 5 aromatic rings. The number of pyridine rings is 3. The molecule has 5 aromatic heterocycles. The van der Waals surface area contributed by atoms with Gasteiger partial charge in [0.2, 0.25) is 0 Å². The second-order valence-electron chi connectivity index (χ2n) is 11.8. The van der Waals surface area contributed by atoms with E-state index in [2.05, 4.69) is 36.3 Å². The minimum atomic E-state index is -0.850. The Morgan fingerprint density at radius 2 is 1.90 bits per heavy atom.